The Morgan fingerprint density at radius 3 is 2.56 bits per heavy atom. The molecule has 1 unspecified atom stereocenters. The third-order valence-corrected chi connectivity index (χ3v) is 5.82. The van der Waals surface area contributed by atoms with E-state index in [9.17, 15) is 4.79 Å². The first-order valence-electron chi connectivity index (χ1n) is 10.9. The third kappa shape index (κ3) is 4.69. The fourth-order valence-electron chi connectivity index (χ4n) is 3.77. The van der Waals surface area contributed by atoms with E-state index in [0.29, 0.717) is 31.4 Å². The molecule has 2 aromatic carbocycles. The van der Waals surface area contributed by atoms with Crippen LogP contribution in [0.4, 0.5) is 4.79 Å². The summed E-state index contributed by atoms with van der Waals surface area (Å²) in [5.74, 6) is 3.35. The number of nitrogens with one attached hydrogen (secondary N) is 1. The average Bonchev–Trinajstić information content (AvgIpc) is 3.37. The van der Waals surface area contributed by atoms with Crippen LogP contribution in [0.5, 0.6) is 11.5 Å². The summed E-state index contributed by atoms with van der Waals surface area (Å²) in [4.78, 5) is 18.8. The maximum atomic E-state index is 12.5. The molecule has 1 aliphatic carbocycles. The molecule has 2 aliphatic rings. The van der Waals surface area contributed by atoms with E-state index in [1.54, 1.807) is 12.0 Å². The number of urea groups is 1. The van der Waals surface area contributed by atoms with Crippen molar-refractivity contribution in [1.29, 1.82) is 0 Å². The minimum absolute atomic E-state index is 0.0285. The zero-order chi connectivity index (χ0) is 21.9. The Bertz CT molecular complexity index is 1060. The fraction of sp³-hybridized carbons (Fsp3) is 0.375. The van der Waals surface area contributed by atoms with Crippen molar-refractivity contribution in [3.8, 4) is 22.9 Å². The topological polar surface area (TPSA) is 89.7 Å². The number of ether oxygens (including phenoxy) is 2. The predicted molar refractivity (Wildman–Crippen MR) is 118 cm³/mol. The van der Waals surface area contributed by atoms with Crippen LogP contribution >= 0.6 is 0 Å². The molecule has 32 heavy (non-hydrogen) atoms. The minimum atomic E-state index is -0.0779. The lowest BCUT2D eigenvalue weighted by Crippen LogP contribution is -2.39. The smallest absolute Gasteiger partial charge is 0.317 e. The van der Waals surface area contributed by atoms with Crippen LogP contribution in [0.25, 0.3) is 11.4 Å². The van der Waals surface area contributed by atoms with Crippen molar-refractivity contribution in [3.05, 3.63) is 60.0 Å². The van der Waals surface area contributed by atoms with Gasteiger partial charge in [-0.25, -0.2) is 4.79 Å². The SMILES string of the molecule is COc1ccc(CNC(=O)N2CCC(Oc3ccc(-c4noc(C5CC5)n4)cc3)C2)cc1. The summed E-state index contributed by atoms with van der Waals surface area (Å²) in [6.07, 6.45) is 3.03. The molecule has 5 rings (SSSR count). The molecule has 8 nitrogen and oxygen atoms in total. The molecule has 3 aromatic rings. The predicted octanol–water partition coefficient (Wildman–Crippen LogP) is 3.99. The normalized spacial score (nSPS) is 17.9. The van der Waals surface area contributed by atoms with Gasteiger partial charge in [0.1, 0.15) is 17.6 Å². The molecule has 2 heterocycles. The van der Waals surface area contributed by atoms with Gasteiger partial charge in [-0.15, -0.1) is 0 Å². The van der Waals surface area contributed by atoms with Gasteiger partial charge in [-0.1, -0.05) is 17.3 Å². The van der Waals surface area contributed by atoms with Gasteiger partial charge in [0, 0.05) is 31.0 Å². The number of nitrogens with zero attached hydrogens (tertiary/aromatic N) is 3. The number of benzene rings is 2. The zero-order valence-corrected chi connectivity index (χ0v) is 18.0. The Hall–Kier alpha value is -3.55. The summed E-state index contributed by atoms with van der Waals surface area (Å²) in [5, 5.41) is 7.04. The molecular weight excluding hydrogens is 408 g/mol. The van der Waals surface area contributed by atoms with Crippen molar-refractivity contribution in [2.45, 2.75) is 37.8 Å². The lowest BCUT2D eigenvalue weighted by atomic mass is 10.2. The second kappa shape index (κ2) is 8.90. The number of hydrogen-bond acceptors (Lipinski definition) is 6. The number of likely N-dealkylation sites (tertiary alicyclic amines) is 1. The molecule has 2 amide bonds. The largest absolute Gasteiger partial charge is 0.497 e. The molecule has 1 saturated heterocycles. The van der Waals surface area contributed by atoms with Crippen LogP contribution < -0.4 is 14.8 Å². The Labute approximate surface area is 186 Å². The molecule has 166 valence electrons. The van der Waals surface area contributed by atoms with E-state index in [2.05, 4.69) is 15.5 Å². The highest BCUT2D eigenvalue weighted by Gasteiger charge is 2.30. The molecule has 0 bridgehead atoms. The Morgan fingerprint density at radius 1 is 1.09 bits per heavy atom. The standard InChI is InChI=1S/C24H26N4O4/c1-30-19-8-2-16(3-9-19)14-25-24(29)28-13-12-21(15-28)31-20-10-6-17(7-11-20)22-26-23(32-27-22)18-4-5-18/h2-3,6-11,18,21H,4-5,12-15H2,1H3,(H,25,29). The first kappa shape index (κ1) is 20.4. The quantitative estimate of drug-likeness (QED) is 0.605. The van der Waals surface area contributed by atoms with Crippen LogP contribution in [0.3, 0.4) is 0 Å². The van der Waals surface area contributed by atoms with Gasteiger partial charge in [-0.3, -0.25) is 0 Å². The molecule has 0 radical (unpaired) electrons. The summed E-state index contributed by atoms with van der Waals surface area (Å²) in [6, 6.07) is 15.3. The number of carbonyl (C=O) groups excluding carboxylic acids is 1. The molecule has 1 atom stereocenters. The second-order valence-electron chi connectivity index (χ2n) is 8.24. The molecule has 0 spiro atoms. The first-order chi connectivity index (χ1) is 15.7. The van der Waals surface area contributed by atoms with Crippen LogP contribution in [0.2, 0.25) is 0 Å². The van der Waals surface area contributed by atoms with E-state index in [1.165, 1.54) is 0 Å². The lowest BCUT2D eigenvalue weighted by Gasteiger charge is -2.18. The number of rotatable bonds is 7. The second-order valence-corrected chi connectivity index (χ2v) is 8.24. The van der Waals surface area contributed by atoms with Crippen molar-refractivity contribution in [2.75, 3.05) is 20.2 Å². The number of amides is 2. The Balaban J connectivity index is 1.10. The fourth-order valence-corrected chi connectivity index (χ4v) is 3.77. The Morgan fingerprint density at radius 2 is 1.84 bits per heavy atom. The van der Waals surface area contributed by atoms with E-state index in [0.717, 1.165) is 47.8 Å². The van der Waals surface area contributed by atoms with E-state index in [1.807, 2.05) is 48.5 Å². The molecule has 2 fully saturated rings. The summed E-state index contributed by atoms with van der Waals surface area (Å²) in [7, 11) is 1.63. The summed E-state index contributed by atoms with van der Waals surface area (Å²) >= 11 is 0. The van der Waals surface area contributed by atoms with Gasteiger partial charge in [0.05, 0.1) is 13.7 Å². The summed E-state index contributed by atoms with van der Waals surface area (Å²) in [6.45, 7) is 1.71. The molecule has 1 N–H and O–H groups in total. The maximum absolute atomic E-state index is 12.5. The third-order valence-electron chi connectivity index (χ3n) is 5.82. The van der Waals surface area contributed by atoms with Crippen molar-refractivity contribution < 1.29 is 18.8 Å². The van der Waals surface area contributed by atoms with Gasteiger partial charge in [0.15, 0.2) is 0 Å². The summed E-state index contributed by atoms with van der Waals surface area (Å²) in [5.41, 5.74) is 1.93. The molecule has 1 aromatic heterocycles. The number of carbonyl (C=O) groups is 1. The van der Waals surface area contributed by atoms with Crippen LogP contribution in [0, 0.1) is 0 Å². The van der Waals surface area contributed by atoms with Crippen molar-refractivity contribution in [3.63, 3.8) is 0 Å². The van der Waals surface area contributed by atoms with Gasteiger partial charge in [0.2, 0.25) is 11.7 Å². The van der Waals surface area contributed by atoms with Crippen LogP contribution in [0.1, 0.15) is 36.6 Å². The van der Waals surface area contributed by atoms with E-state index in [4.69, 9.17) is 14.0 Å². The Kier molecular flexibility index (Phi) is 5.66. The van der Waals surface area contributed by atoms with Crippen molar-refractivity contribution >= 4 is 6.03 Å². The van der Waals surface area contributed by atoms with Gasteiger partial charge in [-0.05, 0) is 54.8 Å². The van der Waals surface area contributed by atoms with E-state index in [-0.39, 0.29) is 12.1 Å². The van der Waals surface area contributed by atoms with Crippen molar-refractivity contribution in [1.82, 2.24) is 20.4 Å². The van der Waals surface area contributed by atoms with E-state index < -0.39 is 0 Å². The minimum Gasteiger partial charge on any atom is -0.497 e. The van der Waals surface area contributed by atoms with Gasteiger partial charge in [-0.2, -0.15) is 4.98 Å². The number of hydrogen-bond donors (Lipinski definition) is 1. The average molecular weight is 434 g/mol. The van der Waals surface area contributed by atoms with Gasteiger partial charge in [0.25, 0.3) is 0 Å². The van der Waals surface area contributed by atoms with Crippen molar-refractivity contribution in [2.24, 2.45) is 0 Å². The highest BCUT2D eigenvalue weighted by Crippen LogP contribution is 2.39. The maximum Gasteiger partial charge on any atom is 0.317 e. The van der Waals surface area contributed by atoms with Crippen LogP contribution in [-0.2, 0) is 6.54 Å². The summed E-state index contributed by atoms with van der Waals surface area (Å²) < 4.78 is 16.6. The lowest BCUT2D eigenvalue weighted by molar-refractivity contribution is 0.186. The monoisotopic (exact) mass is 434 g/mol. The highest BCUT2D eigenvalue weighted by molar-refractivity contribution is 5.74. The highest BCUT2D eigenvalue weighted by atomic mass is 16.5. The molecule has 1 aliphatic heterocycles. The van der Waals surface area contributed by atoms with Crippen LogP contribution in [-0.4, -0.2) is 47.4 Å². The van der Waals surface area contributed by atoms with Gasteiger partial charge >= 0.3 is 6.03 Å². The van der Waals surface area contributed by atoms with Gasteiger partial charge < -0.3 is 24.2 Å². The molecule has 8 heteroatoms. The zero-order valence-electron chi connectivity index (χ0n) is 18.0. The van der Waals surface area contributed by atoms with E-state index >= 15 is 0 Å². The number of aromatic nitrogens is 2. The molecular formula is C24H26N4O4. The first-order valence-corrected chi connectivity index (χ1v) is 10.9. The van der Waals surface area contributed by atoms with Crippen LogP contribution in [0.15, 0.2) is 53.1 Å². The molecule has 1 saturated carbocycles. The number of methoxy groups -OCH3 is 1.